The molecule has 0 fully saturated rings. The first kappa shape index (κ1) is 12.3. The van der Waals surface area contributed by atoms with Crippen LogP contribution in [0.25, 0.3) is 0 Å². The Hall–Kier alpha value is -1.21. The van der Waals surface area contributed by atoms with Crippen LogP contribution in [0.4, 0.5) is 0 Å². The number of likely N-dealkylation sites (N-methyl/N-ethyl adjacent to an activating group) is 1. The summed E-state index contributed by atoms with van der Waals surface area (Å²) in [7, 11) is -1.30. The highest BCUT2D eigenvalue weighted by atomic mass is 32.2. The lowest BCUT2D eigenvalue weighted by molar-refractivity contribution is 0.589. The van der Waals surface area contributed by atoms with Gasteiger partial charge in [-0.2, -0.15) is 0 Å². The van der Waals surface area contributed by atoms with E-state index in [1.165, 1.54) is 0 Å². The summed E-state index contributed by atoms with van der Waals surface area (Å²) < 4.78 is 22.9. The number of aryl methyl sites for hydroxylation is 1. The normalized spacial score (nSPS) is 17.7. The van der Waals surface area contributed by atoms with Gasteiger partial charge in [0.15, 0.2) is 9.84 Å². The second-order valence-corrected chi connectivity index (χ2v) is 6.32. The van der Waals surface area contributed by atoms with E-state index in [1.807, 2.05) is 7.05 Å². The number of nitrogens with one attached hydrogen (secondary N) is 2. The summed E-state index contributed by atoms with van der Waals surface area (Å²) in [6.07, 6.45) is 0.972. The van der Waals surface area contributed by atoms with E-state index < -0.39 is 9.84 Å². The van der Waals surface area contributed by atoms with Crippen LogP contribution in [-0.4, -0.2) is 37.7 Å². The van der Waals surface area contributed by atoms with Crippen LogP contribution in [0.2, 0.25) is 0 Å². The van der Waals surface area contributed by atoms with E-state index >= 15 is 0 Å². The average molecular weight is 257 g/mol. The zero-order valence-corrected chi connectivity index (χ0v) is 10.4. The Morgan fingerprint density at radius 2 is 2.24 bits per heavy atom. The third kappa shape index (κ3) is 2.73. The van der Waals surface area contributed by atoms with Gasteiger partial charge in [0.2, 0.25) is 0 Å². The molecule has 0 atom stereocenters. The Labute approximate surface area is 99.4 Å². The predicted molar refractivity (Wildman–Crippen MR) is 63.7 cm³/mol. The lowest BCUT2D eigenvalue weighted by atomic mass is 10.2. The van der Waals surface area contributed by atoms with Crippen LogP contribution in [0.15, 0.2) is 4.79 Å². The molecule has 0 bridgehead atoms. The van der Waals surface area contributed by atoms with Crippen molar-refractivity contribution >= 4 is 9.84 Å². The van der Waals surface area contributed by atoms with E-state index in [2.05, 4.69) is 15.3 Å². The molecule has 94 valence electrons. The van der Waals surface area contributed by atoms with Crippen molar-refractivity contribution < 1.29 is 8.42 Å². The van der Waals surface area contributed by atoms with Crippen LogP contribution in [0, 0.1) is 0 Å². The summed E-state index contributed by atoms with van der Waals surface area (Å²) >= 11 is 0. The van der Waals surface area contributed by atoms with Gasteiger partial charge < -0.3 is 10.3 Å². The van der Waals surface area contributed by atoms with Crippen molar-refractivity contribution in [2.45, 2.75) is 18.6 Å². The van der Waals surface area contributed by atoms with Crippen molar-refractivity contribution in [2.75, 3.05) is 19.3 Å². The summed E-state index contributed by atoms with van der Waals surface area (Å²) in [6.45, 7) is 0.722. The van der Waals surface area contributed by atoms with Crippen molar-refractivity contribution in [2.24, 2.45) is 0 Å². The minimum Gasteiger partial charge on any atom is -0.319 e. The summed E-state index contributed by atoms with van der Waals surface area (Å²) in [6, 6.07) is 0. The standard InChI is InChI=1S/C10H15N3O3S/c1-11-4-2-9-12-8-3-5-17(15,16)6-7(8)10(14)13-9/h11H,2-6H2,1H3,(H,12,13,14). The van der Waals surface area contributed by atoms with Crippen molar-refractivity contribution in [1.29, 1.82) is 0 Å². The first-order valence-corrected chi connectivity index (χ1v) is 7.30. The van der Waals surface area contributed by atoms with Gasteiger partial charge in [-0.3, -0.25) is 4.79 Å². The number of H-pyrrole nitrogens is 1. The van der Waals surface area contributed by atoms with E-state index in [0.29, 0.717) is 29.9 Å². The number of hydrogen-bond acceptors (Lipinski definition) is 5. The average Bonchev–Trinajstić information content (AvgIpc) is 2.27. The Kier molecular flexibility index (Phi) is 3.30. The minimum absolute atomic E-state index is 0.0852. The molecule has 0 saturated heterocycles. The molecule has 0 aromatic carbocycles. The highest BCUT2D eigenvalue weighted by Gasteiger charge is 2.25. The predicted octanol–water partition coefficient (Wildman–Crippen LogP) is -0.997. The van der Waals surface area contributed by atoms with E-state index in [4.69, 9.17) is 0 Å². The Bertz CT molecular complexity index is 577. The van der Waals surface area contributed by atoms with Crippen LogP contribution in [-0.2, 0) is 28.4 Å². The molecule has 1 aromatic rings. The molecule has 0 amide bonds. The molecule has 1 aliphatic heterocycles. The summed E-state index contributed by atoms with van der Waals surface area (Å²) in [5, 5.41) is 2.97. The molecule has 0 aliphatic carbocycles. The molecule has 6 nitrogen and oxygen atoms in total. The van der Waals surface area contributed by atoms with Crippen molar-refractivity contribution in [3.05, 3.63) is 27.4 Å². The second-order valence-electron chi connectivity index (χ2n) is 4.13. The van der Waals surface area contributed by atoms with Crippen LogP contribution in [0.3, 0.4) is 0 Å². The number of aromatic amines is 1. The number of fused-ring (bicyclic) bond motifs is 1. The number of rotatable bonds is 3. The molecule has 1 aliphatic rings. The zero-order valence-electron chi connectivity index (χ0n) is 9.62. The molecular formula is C10H15N3O3S. The highest BCUT2D eigenvalue weighted by molar-refractivity contribution is 7.90. The van der Waals surface area contributed by atoms with Crippen molar-refractivity contribution in [3.63, 3.8) is 0 Å². The molecular weight excluding hydrogens is 242 g/mol. The molecule has 17 heavy (non-hydrogen) atoms. The Morgan fingerprint density at radius 3 is 2.94 bits per heavy atom. The van der Waals surface area contributed by atoms with Crippen LogP contribution >= 0.6 is 0 Å². The molecule has 0 spiro atoms. The smallest absolute Gasteiger partial charge is 0.255 e. The van der Waals surface area contributed by atoms with Gasteiger partial charge in [-0.1, -0.05) is 0 Å². The molecule has 0 saturated carbocycles. The van der Waals surface area contributed by atoms with Gasteiger partial charge in [0.1, 0.15) is 5.82 Å². The van der Waals surface area contributed by atoms with E-state index in [0.717, 1.165) is 6.54 Å². The summed E-state index contributed by atoms with van der Waals surface area (Å²) in [5.41, 5.74) is 0.628. The van der Waals surface area contributed by atoms with E-state index in [-0.39, 0.29) is 17.1 Å². The fourth-order valence-corrected chi connectivity index (χ4v) is 3.24. The minimum atomic E-state index is -3.12. The second kappa shape index (κ2) is 4.58. The maximum Gasteiger partial charge on any atom is 0.255 e. The maximum atomic E-state index is 11.8. The van der Waals surface area contributed by atoms with Gasteiger partial charge >= 0.3 is 0 Å². The molecule has 1 aromatic heterocycles. The van der Waals surface area contributed by atoms with Crippen LogP contribution in [0.5, 0.6) is 0 Å². The van der Waals surface area contributed by atoms with E-state index in [1.54, 1.807) is 0 Å². The topological polar surface area (TPSA) is 91.9 Å². The third-order valence-electron chi connectivity index (χ3n) is 2.78. The molecule has 0 unspecified atom stereocenters. The third-order valence-corrected chi connectivity index (χ3v) is 4.33. The number of sulfone groups is 1. The van der Waals surface area contributed by atoms with Gasteiger partial charge in [-0.15, -0.1) is 0 Å². The van der Waals surface area contributed by atoms with Gasteiger partial charge in [0.25, 0.3) is 5.56 Å². The SMILES string of the molecule is CNCCc1nc2c(c(=O)[nH]1)CS(=O)(=O)CC2. The molecule has 0 radical (unpaired) electrons. The lowest BCUT2D eigenvalue weighted by Crippen LogP contribution is -2.29. The fourth-order valence-electron chi connectivity index (χ4n) is 1.86. The first-order chi connectivity index (χ1) is 8.02. The van der Waals surface area contributed by atoms with Gasteiger partial charge in [0.05, 0.1) is 22.8 Å². The number of nitrogens with zero attached hydrogens (tertiary/aromatic N) is 1. The molecule has 2 rings (SSSR count). The van der Waals surface area contributed by atoms with Gasteiger partial charge in [0, 0.05) is 19.4 Å². The molecule has 7 heteroatoms. The molecule has 2 heterocycles. The molecule has 2 N–H and O–H groups in total. The summed E-state index contributed by atoms with van der Waals surface area (Å²) in [5.74, 6) is 0.515. The largest absolute Gasteiger partial charge is 0.319 e. The van der Waals surface area contributed by atoms with Gasteiger partial charge in [-0.05, 0) is 7.05 Å². The summed E-state index contributed by atoms with van der Waals surface area (Å²) in [4.78, 5) is 18.7. The Morgan fingerprint density at radius 1 is 1.47 bits per heavy atom. The number of aromatic nitrogens is 2. The van der Waals surface area contributed by atoms with Crippen molar-refractivity contribution in [1.82, 2.24) is 15.3 Å². The maximum absolute atomic E-state index is 11.8. The Balaban J connectivity index is 2.37. The zero-order chi connectivity index (χ0) is 12.5. The van der Waals surface area contributed by atoms with Crippen LogP contribution < -0.4 is 10.9 Å². The first-order valence-electron chi connectivity index (χ1n) is 5.48. The fraction of sp³-hybridized carbons (Fsp3) is 0.600. The number of hydrogen-bond donors (Lipinski definition) is 2. The monoisotopic (exact) mass is 257 g/mol. The van der Waals surface area contributed by atoms with E-state index in [9.17, 15) is 13.2 Å². The van der Waals surface area contributed by atoms with Gasteiger partial charge in [-0.25, -0.2) is 13.4 Å². The van der Waals surface area contributed by atoms with Crippen molar-refractivity contribution in [3.8, 4) is 0 Å². The lowest BCUT2D eigenvalue weighted by Gasteiger charge is -2.15. The van der Waals surface area contributed by atoms with Crippen LogP contribution in [0.1, 0.15) is 17.1 Å². The highest BCUT2D eigenvalue weighted by Crippen LogP contribution is 2.15. The quantitative estimate of drug-likeness (QED) is 0.725.